The molecule has 0 radical (unpaired) electrons. The third kappa shape index (κ3) is 4.27. The van der Waals surface area contributed by atoms with Crippen molar-refractivity contribution in [3.63, 3.8) is 0 Å². The number of amides is 1. The van der Waals surface area contributed by atoms with Gasteiger partial charge < -0.3 is 15.1 Å². The third-order valence-corrected chi connectivity index (χ3v) is 4.41. The number of nitrogens with zero attached hydrogens (tertiary/aromatic N) is 3. The van der Waals surface area contributed by atoms with Crippen LogP contribution in [0.25, 0.3) is 0 Å². The molecule has 0 spiro atoms. The standard InChI is InChI=1S/C16H17BrFN5O/c17-12-2-3-14(13(18)10-12)21-15(24)11-22-6-8-23(9-7-22)16-19-4-1-5-20-16/h1-5,10H,6-9,11H2,(H,21,24)/p+1. The molecule has 0 unspecified atom stereocenters. The molecule has 2 N–H and O–H groups in total. The molecule has 8 heteroatoms. The van der Waals surface area contributed by atoms with E-state index < -0.39 is 5.82 Å². The molecule has 0 bridgehead atoms. The number of anilines is 2. The van der Waals surface area contributed by atoms with Gasteiger partial charge in [-0.25, -0.2) is 14.4 Å². The van der Waals surface area contributed by atoms with Crippen LogP contribution in [-0.2, 0) is 4.79 Å². The van der Waals surface area contributed by atoms with Crippen LogP contribution in [-0.4, -0.2) is 48.6 Å². The number of hydrogen-bond acceptors (Lipinski definition) is 4. The van der Waals surface area contributed by atoms with Crippen LogP contribution >= 0.6 is 15.9 Å². The van der Waals surface area contributed by atoms with E-state index in [2.05, 4.69) is 36.1 Å². The normalized spacial score (nSPS) is 15.3. The number of piperazine rings is 1. The predicted octanol–water partition coefficient (Wildman–Crippen LogP) is 0.722. The Labute approximate surface area is 147 Å². The first-order valence-electron chi connectivity index (χ1n) is 7.72. The molecule has 1 aliphatic heterocycles. The van der Waals surface area contributed by atoms with Gasteiger partial charge >= 0.3 is 0 Å². The van der Waals surface area contributed by atoms with Gasteiger partial charge in [0.25, 0.3) is 5.91 Å². The fraction of sp³-hybridized carbons (Fsp3) is 0.312. The lowest BCUT2D eigenvalue weighted by atomic mass is 10.3. The second-order valence-corrected chi connectivity index (χ2v) is 6.55. The molecular formula is C16H18BrFN5O+. The van der Waals surface area contributed by atoms with Crippen molar-refractivity contribution < 1.29 is 14.1 Å². The molecular weight excluding hydrogens is 377 g/mol. The molecule has 2 aromatic rings. The summed E-state index contributed by atoms with van der Waals surface area (Å²) < 4.78 is 14.4. The Kier molecular flexibility index (Phi) is 5.37. The summed E-state index contributed by atoms with van der Waals surface area (Å²) >= 11 is 3.20. The van der Waals surface area contributed by atoms with Gasteiger partial charge in [-0.1, -0.05) is 15.9 Å². The van der Waals surface area contributed by atoms with Gasteiger partial charge in [-0.05, 0) is 24.3 Å². The molecule has 1 aromatic heterocycles. The van der Waals surface area contributed by atoms with Crippen LogP contribution in [0.4, 0.5) is 16.0 Å². The predicted molar refractivity (Wildman–Crippen MR) is 92.5 cm³/mol. The molecule has 24 heavy (non-hydrogen) atoms. The Morgan fingerprint density at radius 2 is 2.00 bits per heavy atom. The highest BCUT2D eigenvalue weighted by Crippen LogP contribution is 2.19. The summed E-state index contributed by atoms with van der Waals surface area (Å²) in [5.41, 5.74) is 0.207. The summed E-state index contributed by atoms with van der Waals surface area (Å²) in [5.74, 6) is 0.0901. The molecule has 1 amide bonds. The van der Waals surface area contributed by atoms with Crippen molar-refractivity contribution in [2.24, 2.45) is 0 Å². The zero-order chi connectivity index (χ0) is 16.9. The number of carbonyl (C=O) groups excluding carboxylic acids is 1. The average Bonchev–Trinajstić information content (AvgIpc) is 2.59. The number of benzene rings is 1. The number of nitrogens with one attached hydrogen (secondary N) is 2. The van der Waals surface area contributed by atoms with Gasteiger partial charge in [-0.3, -0.25) is 4.79 Å². The molecule has 1 aromatic carbocycles. The molecule has 2 heterocycles. The molecule has 3 rings (SSSR count). The number of aromatic nitrogens is 2. The van der Waals surface area contributed by atoms with Crippen LogP contribution in [0, 0.1) is 5.82 Å². The van der Waals surface area contributed by atoms with Crippen LogP contribution in [0.2, 0.25) is 0 Å². The van der Waals surface area contributed by atoms with Crippen molar-refractivity contribution in [2.75, 3.05) is 42.9 Å². The SMILES string of the molecule is O=C(C[NH+]1CCN(c2ncccn2)CC1)Nc1ccc(Br)cc1F. The second-order valence-electron chi connectivity index (χ2n) is 5.63. The Morgan fingerprint density at radius 3 is 2.67 bits per heavy atom. The fourth-order valence-electron chi connectivity index (χ4n) is 2.67. The van der Waals surface area contributed by atoms with E-state index in [1.165, 1.54) is 6.07 Å². The lowest BCUT2D eigenvalue weighted by Gasteiger charge is -2.31. The van der Waals surface area contributed by atoms with Crippen LogP contribution in [0.3, 0.4) is 0 Å². The third-order valence-electron chi connectivity index (χ3n) is 3.92. The van der Waals surface area contributed by atoms with E-state index in [1.54, 1.807) is 30.6 Å². The minimum absolute atomic E-state index is 0.185. The van der Waals surface area contributed by atoms with Crippen molar-refractivity contribution >= 4 is 33.5 Å². The summed E-state index contributed by atoms with van der Waals surface area (Å²) in [7, 11) is 0. The summed E-state index contributed by atoms with van der Waals surface area (Å²) in [4.78, 5) is 23.9. The smallest absolute Gasteiger partial charge is 0.279 e. The molecule has 1 fully saturated rings. The van der Waals surface area contributed by atoms with Gasteiger partial charge in [0, 0.05) is 16.9 Å². The van der Waals surface area contributed by atoms with E-state index in [-0.39, 0.29) is 11.6 Å². The Balaban J connectivity index is 1.50. The van der Waals surface area contributed by atoms with Crippen molar-refractivity contribution in [1.82, 2.24) is 9.97 Å². The number of rotatable bonds is 4. The topological polar surface area (TPSA) is 62.6 Å². The summed E-state index contributed by atoms with van der Waals surface area (Å²) in [6.45, 7) is 3.53. The zero-order valence-corrected chi connectivity index (χ0v) is 14.6. The number of quaternary nitrogens is 1. The van der Waals surface area contributed by atoms with Crippen molar-refractivity contribution in [3.8, 4) is 0 Å². The average molecular weight is 395 g/mol. The molecule has 0 saturated carbocycles. The maximum Gasteiger partial charge on any atom is 0.279 e. The first kappa shape index (κ1) is 16.8. The molecule has 126 valence electrons. The molecule has 0 aliphatic carbocycles. The highest BCUT2D eigenvalue weighted by atomic mass is 79.9. The van der Waals surface area contributed by atoms with Gasteiger partial charge in [0.15, 0.2) is 6.54 Å². The lowest BCUT2D eigenvalue weighted by molar-refractivity contribution is -0.892. The maximum atomic E-state index is 13.8. The van der Waals surface area contributed by atoms with Crippen LogP contribution in [0.1, 0.15) is 0 Å². The van der Waals surface area contributed by atoms with Gasteiger partial charge in [0.1, 0.15) is 5.82 Å². The van der Waals surface area contributed by atoms with E-state index in [0.717, 1.165) is 37.0 Å². The van der Waals surface area contributed by atoms with Crippen LogP contribution in [0.5, 0.6) is 0 Å². The first-order chi connectivity index (χ1) is 11.6. The molecule has 1 aliphatic rings. The molecule has 0 atom stereocenters. The molecule has 1 saturated heterocycles. The van der Waals surface area contributed by atoms with E-state index in [9.17, 15) is 9.18 Å². The van der Waals surface area contributed by atoms with E-state index in [0.29, 0.717) is 11.0 Å². The Hall–Kier alpha value is -2.06. The maximum absolute atomic E-state index is 13.8. The van der Waals surface area contributed by atoms with Gasteiger partial charge in [-0.2, -0.15) is 0 Å². The van der Waals surface area contributed by atoms with Gasteiger partial charge in [0.05, 0.1) is 31.9 Å². The van der Waals surface area contributed by atoms with E-state index in [1.807, 2.05) is 0 Å². The summed E-state index contributed by atoms with van der Waals surface area (Å²) in [6.07, 6.45) is 3.45. The Bertz CT molecular complexity index is 707. The highest BCUT2D eigenvalue weighted by molar-refractivity contribution is 9.10. The van der Waals surface area contributed by atoms with Crippen LogP contribution < -0.4 is 15.1 Å². The fourth-order valence-corrected chi connectivity index (χ4v) is 3.00. The summed E-state index contributed by atoms with van der Waals surface area (Å²) in [5, 5.41) is 2.63. The number of carbonyl (C=O) groups is 1. The Morgan fingerprint density at radius 1 is 1.29 bits per heavy atom. The van der Waals surface area contributed by atoms with Crippen molar-refractivity contribution in [2.45, 2.75) is 0 Å². The number of hydrogen-bond donors (Lipinski definition) is 2. The lowest BCUT2D eigenvalue weighted by Crippen LogP contribution is -3.15. The number of halogens is 2. The van der Waals surface area contributed by atoms with Gasteiger partial charge in [-0.15, -0.1) is 0 Å². The zero-order valence-electron chi connectivity index (χ0n) is 13.0. The summed E-state index contributed by atoms with van der Waals surface area (Å²) in [6, 6.07) is 6.37. The second kappa shape index (κ2) is 7.67. The van der Waals surface area contributed by atoms with Gasteiger partial charge in [0.2, 0.25) is 5.95 Å². The quantitative estimate of drug-likeness (QED) is 0.801. The minimum Gasteiger partial charge on any atom is -0.330 e. The minimum atomic E-state index is -0.446. The monoisotopic (exact) mass is 394 g/mol. The van der Waals surface area contributed by atoms with Crippen molar-refractivity contribution in [1.29, 1.82) is 0 Å². The largest absolute Gasteiger partial charge is 0.330 e. The van der Waals surface area contributed by atoms with Crippen LogP contribution in [0.15, 0.2) is 41.1 Å². The highest BCUT2D eigenvalue weighted by Gasteiger charge is 2.23. The van der Waals surface area contributed by atoms with E-state index in [4.69, 9.17) is 0 Å². The van der Waals surface area contributed by atoms with E-state index >= 15 is 0 Å². The van der Waals surface area contributed by atoms with Crippen molar-refractivity contribution in [3.05, 3.63) is 46.9 Å². The molecule has 6 nitrogen and oxygen atoms in total. The first-order valence-corrected chi connectivity index (χ1v) is 8.51.